The summed E-state index contributed by atoms with van der Waals surface area (Å²) in [7, 11) is 0. The minimum absolute atomic E-state index is 0.217. The van der Waals surface area contributed by atoms with Crippen LogP contribution in [0.2, 0.25) is 0 Å². The van der Waals surface area contributed by atoms with E-state index in [1.807, 2.05) is 26.0 Å². The molecule has 0 spiro atoms. The van der Waals surface area contributed by atoms with E-state index in [0.29, 0.717) is 17.9 Å². The van der Waals surface area contributed by atoms with Crippen molar-refractivity contribution in [3.05, 3.63) is 53.0 Å². The summed E-state index contributed by atoms with van der Waals surface area (Å²) in [4.78, 5) is 4.40. The van der Waals surface area contributed by atoms with Crippen LogP contribution in [0.4, 0.5) is 10.2 Å². The Morgan fingerprint density at radius 2 is 2.05 bits per heavy atom. The zero-order valence-corrected chi connectivity index (χ0v) is 11.4. The summed E-state index contributed by atoms with van der Waals surface area (Å²) in [6.07, 6.45) is 0. The number of fused-ring (bicyclic) bond motifs is 1. The Labute approximate surface area is 116 Å². The maximum absolute atomic E-state index is 13.6. The number of hydrogen-bond donors (Lipinski definition) is 2. The van der Waals surface area contributed by atoms with Crippen LogP contribution in [0, 0.1) is 19.7 Å². The van der Waals surface area contributed by atoms with Crippen molar-refractivity contribution in [2.75, 3.05) is 5.32 Å². The average Bonchev–Trinajstić information content (AvgIpc) is 2.81. The van der Waals surface area contributed by atoms with Crippen LogP contribution >= 0.6 is 0 Å². The van der Waals surface area contributed by atoms with Crippen molar-refractivity contribution >= 4 is 16.9 Å². The van der Waals surface area contributed by atoms with E-state index in [9.17, 15) is 4.39 Å². The summed E-state index contributed by atoms with van der Waals surface area (Å²) >= 11 is 0. The van der Waals surface area contributed by atoms with Crippen LogP contribution in [-0.4, -0.2) is 15.2 Å². The SMILES string of the molecule is Cc1cc(C)c2c(NCc3ccccc3F)n[nH]c2n1. The first-order chi connectivity index (χ1) is 9.65. The van der Waals surface area contributed by atoms with Crippen LogP contribution in [0.5, 0.6) is 0 Å². The van der Waals surface area contributed by atoms with Crippen molar-refractivity contribution in [2.24, 2.45) is 0 Å². The molecule has 5 heteroatoms. The van der Waals surface area contributed by atoms with E-state index >= 15 is 0 Å². The van der Waals surface area contributed by atoms with Gasteiger partial charge in [0.1, 0.15) is 5.82 Å². The third kappa shape index (κ3) is 2.22. The molecule has 20 heavy (non-hydrogen) atoms. The lowest BCUT2D eigenvalue weighted by Gasteiger charge is -2.06. The highest BCUT2D eigenvalue weighted by Crippen LogP contribution is 2.24. The predicted molar refractivity (Wildman–Crippen MR) is 77.1 cm³/mol. The normalized spacial score (nSPS) is 10.9. The molecule has 0 saturated heterocycles. The predicted octanol–water partition coefficient (Wildman–Crippen LogP) is 3.33. The Bertz CT molecular complexity index is 764. The average molecular weight is 270 g/mol. The lowest BCUT2D eigenvalue weighted by molar-refractivity contribution is 0.613. The molecule has 4 nitrogen and oxygen atoms in total. The number of halogens is 1. The maximum atomic E-state index is 13.6. The molecule has 1 aromatic carbocycles. The van der Waals surface area contributed by atoms with Crippen LogP contribution in [-0.2, 0) is 6.54 Å². The fourth-order valence-corrected chi connectivity index (χ4v) is 2.33. The van der Waals surface area contributed by atoms with Gasteiger partial charge in [0.05, 0.1) is 5.39 Å². The molecule has 3 aromatic rings. The summed E-state index contributed by atoms with van der Waals surface area (Å²) in [6.45, 7) is 4.35. The first-order valence-electron chi connectivity index (χ1n) is 6.45. The Morgan fingerprint density at radius 1 is 1.25 bits per heavy atom. The van der Waals surface area contributed by atoms with Crippen molar-refractivity contribution in [1.29, 1.82) is 0 Å². The topological polar surface area (TPSA) is 53.6 Å². The molecule has 2 heterocycles. The molecule has 0 atom stereocenters. The monoisotopic (exact) mass is 270 g/mol. The number of anilines is 1. The lowest BCUT2D eigenvalue weighted by atomic mass is 10.1. The number of nitrogens with zero attached hydrogens (tertiary/aromatic N) is 2. The van der Waals surface area contributed by atoms with Crippen LogP contribution in [0.25, 0.3) is 11.0 Å². The first-order valence-corrected chi connectivity index (χ1v) is 6.45. The molecule has 0 aliphatic carbocycles. The molecule has 102 valence electrons. The van der Waals surface area contributed by atoms with Gasteiger partial charge in [-0.15, -0.1) is 0 Å². The maximum Gasteiger partial charge on any atom is 0.157 e. The Kier molecular flexibility index (Phi) is 3.10. The molecule has 0 aliphatic heterocycles. The summed E-state index contributed by atoms with van der Waals surface area (Å²) in [5.74, 6) is 0.485. The largest absolute Gasteiger partial charge is 0.364 e. The summed E-state index contributed by atoms with van der Waals surface area (Å²) in [5, 5.41) is 11.2. The van der Waals surface area contributed by atoms with Crippen molar-refractivity contribution in [3.8, 4) is 0 Å². The molecular weight excluding hydrogens is 255 g/mol. The number of nitrogens with one attached hydrogen (secondary N) is 2. The van der Waals surface area contributed by atoms with E-state index in [0.717, 1.165) is 22.3 Å². The number of aryl methyl sites for hydroxylation is 2. The number of rotatable bonds is 3. The molecule has 0 aliphatic rings. The van der Waals surface area contributed by atoms with Gasteiger partial charge in [0, 0.05) is 17.8 Å². The molecule has 0 radical (unpaired) electrons. The van der Waals surface area contributed by atoms with Crippen LogP contribution in [0.1, 0.15) is 16.8 Å². The van der Waals surface area contributed by atoms with Gasteiger partial charge in [0.2, 0.25) is 0 Å². The van der Waals surface area contributed by atoms with Crippen LogP contribution < -0.4 is 5.32 Å². The minimum Gasteiger partial charge on any atom is -0.364 e. The summed E-state index contributed by atoms with van der Waals surface area (Å²) in [5.41, 5.74) is 3.40. The van der Waals surface area contributed by atoms with Crippen LogP contribution in [0.15, 0.2) is 30.3 Å². The zero-order valence-electron chi connectivity index (χ0n) is 11.4. The highest BCUT2D eigenvalue weighted by Gasteiger charge is 2.10. The van der Waals surface area contributed by atoms with Gasteiger partial charge in [-0.2, -0.15) is 5.10 Å². The number of H-pyrrole nitrogens is 1. The van der Waals surface area contributed by atoms with Gasteiger partial charge in [-0.1, -0.05) is 18.2 Å². The minimum atomic E-state index is -0.217. The Balaban J connectivity index is 1.90. The van der Waals surface area contributed by atoms with Crippen molar-refractivity contribution in [2.45, 2.75) is 20.4 Å². The van der Waals surface area contributed by atoms with Gasteiger partial charge < -0.3 is 5.32 Å². The van der Waals surface area contributed by atoms with E-state index in [1.54, 1.807) is 12.1 Å². The molecule has 0 fully saturated rings. The number of hydrogen-bond acceptors (Lipinski definition) is 3. The molecular formula is C15H15FN4. The number of benzene rings is 1. The quantitative estimate of drug-likeness (QED) is 0.767. The van der Waals surface area contributed by atoms with E-state index in [1.165, 1.54) is 6.07 Å². The summed E-state index contributed by atoms with van der Waals surface area (Å²) in [6, 6.07) is 8.72. The number of pyridine rings is 1. The fourth-order valence-electron chi connectivity index (χ4n) is 2.33. The van der Waals surface area contributed by atoms with Gasteiger partial charge in [0.25, 0.3) is 0 Å². The molecule has 2 aromatic heterocycles. The summed E-state index contributed by atoms with van der Waals surface area (Å²) < 4.78 is 13.6. The fraction of sp³-hybridized carbons (Fsp3) is 0.200. The van der Waals surface area contributed by atoms with E-state index in [-0.39, 0.29) is 5.82 Å². The van der Waals surface area contributed by atoms with Gasteiger partial charge in [0.15, 0.2) is 11.5 Å². The smallest absolute Gasteiger partial charge is 0.157 e. The second-order valence-corrected chi connectivity index (χ2v) is 4.82. The van der Waals surface area contributed by atoms with Crippen molar-refractivity contribution in [3.63, 3.8) is 0 Å². The second kappa shape index (κ2) is 4.92. The van der Waals surface area contributed by atoms with Gasteiger partial charge in [-0.05, 0) is 31.5 Å². The standard InChI is InChI=1S/C15H15FN4/c1-9-7-10(2)18-15-13(9)14(19-20-15)17-8-11-5-3-4-6-12(11)16/h3-7H,8H2,1-2H3,(H2,17,18,19,20). The second-order valence-electron chi connectivity index (χ2n) is 4.82. The molecule has 0 unspecified atom stereocenters. The number of aromatic nitrogens is 3. The van der Waals surface area contributed by atoms with Gasteiger partial charge in [-0.25, -0.2) is 9.37 Å². The third-order valence-electron chi connectivity index (χ3n) is 3.26. The molecule has 3 rings (SSSR count). The van der Waals surface area contributed by atoms with E-state index < -0.39 is 0 Å². The van der Waals surface area contributed by atoms with Crippen molar-refractivity contribution < 1.29 is 4.39 Å². The molecule has 0 amide bonds. The van der Waals surface area contributed by atoms with E-state index in [2.05, 4.69) is 20.5 Å². The third-order valence-corrected chi connectivity index (χ3v) is 3.26. The molecule has 2 N–H and O–H groups in total. The number of aromatic amines is 1. The van der Waals surface area contributed by atoms with Crippen molar-refractivity contribution in [1.82, 2.24) is 15.2 Å². The molecule has 0 saturated carbocycles. The van der Waals surface area contributed by atoms with Gasteiger partial charge in [-0.3, -0.25) is 5.10 Å². The zero-order chi connectivity index (χ0) is 14.1. The Hall–Kier alpha value is -2.43. The van der Waals surface area contributed by atoms with Crippen LogP contribution in [0.3, 0.4) is 0 Å². The Morgan fingerprint density at radius 3 is 2.85 bits per heavy atom. The van der Waals surface area contributed by atoms with Gasteiger partial charge >= 0.3 is 0 Å². The lowest BCUT2D eigenvalue weighted by Crippen LogP contribution is -2.02. The van der Waals surface area contributed by atoms with E-state index in [4.69, 9.17) is 0 Å². The molecule has 0 bridgehead atoms. The first kappa shape index (κ1) is 12.6. The highest BCUT2D eigenvalue weighted by atomic mass is 19.1. The highest BCUT2D eigenvalue weighted by molar-refractivity contribution is 5.90.